The van der Waals surface area contributed by atoms with Gasteiger partial charge in [0.2, 0.25) is 0 Å². The molecule has 1 aromatic heterocycles. The van der Waals surface area contributed by atoms with E-state index >= 15 is 0 Å². The molecule has 100 valence electrons. The average molecular weight is 300 g/mol. The van der Waals surface area contributed by atoms with E-state index in [0.717, 1.165) is 12.0 Å². The van der Waals surface area contributed by atoms with Crippen molar-refractivity contribution in [2.24, 2.45) is 0 Å². The molecule has 2 nitrogen and oxygen atoms in total. The molecule has 19 heavy (non-hydrogen) atoms. The highest BCUT2D eigenvalue weighted by atomic mass is 35.5. The Kier molecular flexibility index (Phi) is 4.61. The van der Waals surface area contributed by atoms with Crippen molar-refractivity contribution >= 4 is 23.2 Å². The first-order valence-corrected chi connectivity index (χ1v) is 6.72. The maximum absolute atomic E-state index is 13.9. The van der Waals surface area contributed by atoms with Crippen molar-refractivity contribution in [3.8, 4) is 11.6 Å². The fourth-order valence-corrected chi connectivity index (χ4v) is 2.09. The lowest BCUT2D eigenvalue weighted by atomic mass is 10.1. The predicted octanol–water partition coefficient (Wildman–Crippen LogP) is 4.97. The van der Waals surface area contributed by atoms with E-state index in [1.165, 1.54) is 12.3 Å². The monoisotopic (exact) mass is 299 g/mol. The van der Waals surface area contributed by atoms with E-state index in [9.17, 15) is 4.39 Å². The predicted molar refractivity (Wildman–Crippen MR) is 74.7 cm³/mol. The summed E-state index contributed by atoms with van der Waals surface area (Å²) in [6.45, 7) is 1.98. The van der Waals surface area contributed by atoms with Crippen LogP contribution in [-0.4, -0.2) is 4.98 Å². The van der Waals surface area contributed by atoms with Crippen molar-refractivity contribution in [2.45, 2.75) is 19.2 Å². The summed E-state index contributed by atoms with van der Waals surface area (Å²) in [4.78, 5) is 3.87. The smallest absolute Gasteiger partial charge is 0.256 e. The zero-order valence-electron chi connectivity index (χ0n) is 10.3. The number of halogens is 3. The van der Waals surface area contributed by atoms with Crippen molar-refractivity contribution in [2.75, 3.05) is 0 Å². The minimum Gasteiger partial charge on any atom is -0.436 e. The molecule has 0 saturated heterocycles. The van der Waals surface area contributed by atoms with Gasteiger partial charge in [-0.15, -0.1) is 11.6 Å². The first-order valence-electron chi connectivity index (χ1n) is 5.81. The van der Waals surface area contributed by atoms with E-state index in [0.29, 0.717) is 16.3 Å². The summed E-state index contributed by atoms with van der Waals surface area (Å²) in [7, 11) is 0. The van der Waals surface area contributed by atoms with Crippen LogP contribution in [0.5, 0.6) is 11.6 Å². The molecule has 0 aliphatic carbocycles. The number of aromatic nitrogens is 1. The standard InChI is InChI=1S/C14H12Cl2FNO/c1-2-9-7-11(3-4-12(9)16)19-14-13(17)10(8-15)5-6-18-14/h3-7H,2,8H2,1H3. The van der Waals surface area contributed by atoms with Crippen molar-refractivity contribution < 1.29 is 9.13 Å². The molecule has 0 aliphatic rings. The Bertz CT molecular complexity index is 590. The molecule has 0 unspecified atom stereocenters. The Labute approximate surface area is 121 Å². The number of rotatable bonds is 4. The summed E-state index contributed by atoms with van der Waals surface area (Å²) in [5.74, 6) is -0.0432. The lowest BCUT2D eigenvalue weighted by molar-refractivity contribution is 0.420. The normalized spacial score (nSPS) is 10.5. The second-order valence-electron chi connectivity index (χ2n) is 3.93. The maximum Gasteiger partial charge on any atom is 0.256 e. The molecule has 5 heteroatoms. The molecule has 0 bridgehead atoms. The molecule has 0 amide bonds. The number of benzene rings is 1. The van der Waals surface area contributed by atoms with Crippen LogP contribution in [-0.2, 0) is 12.3 Å². The number of nitrogens with zero attached hydrogens (tertiary/aromatic N) is 1. The van der Waals surface area contributed by atoms with E-state index in [1.54, 1.807) is 18.2 Å². The minimum absolute atomic E-state index is 0.0749. The quantitative estimate of drug-likeness (QED) is 0.744. The second kappa shape index (κ2) is 6.22. The van der Waals surface area contributed by atoms with E-state index in [-0.39, 0.29) is 11.8 Å². The number of hydrogen-bond donors (Lipinski definition) is 0. The molecule has 1 heterocycles. The molecule has 2 aromatic rings. The van der Waals surface area contributed by atoms with Crippen molar-refractivity contribution in [3.63, 3.8) is 0 Å². The van der Waals surface area contributed by atoms with Gasteiger partial charge in [-0.1, -0.05) is 18.5 Å². The number of pyridine rings is 1. The van der Waals surface area contributed by atoms with Gasteiger partial charge < -0.3 is 4.74 Å². The molecule has 0 fully saturated rings. The summed E-state index contributed by atoms with van der Waals surface area (Å²) >= 11 is 11.7. The maximum atomic E-state index is 13.9. The Morgan fingerprint density at radius 1 is 1.26 bits per heavy atom. The lowest BCUT2D eigenvalue weighted by Crippen LogP contribution is -1.96. The third-order valence-electron chi connectivity index (χ3n) is 2.69. The number of hydrogen-bond acceptors (Lipinski definition) is 2. The van der Waals surface area contributed by atoms with E-state index in [1.807, 2.05) is 6.92 Å². The van der Waals surface area contributed by atoms with Gasteiger partial charge in [-0.2, -0.15) is 0 Å². The molecule has 0 spiro atoms. The Balaban J connectivity index is 2.31. The van der Waals surface area contributed by atoms with Gasteiger partial charge in [0.25, 0.3) is 5.88 Å². The molecule has 2 rings (SSSR count). The Morgan fingerprint density at radius 3 is 2.74 bits per heavy atom. The Hall–Kier alpha value is -1.32. The van der Waals surface area contributed by atoms with Crippen LogP contribution in [0.2, 0.25) is 5.02 Å². The highest BCUT2D eigenvalue weighted by Gasteiger charge is 2.11. The van der Waals surface area contributed by atoms with Crippen LogP contribution < -0.4 is 4.74 Å². The molecule has 0 N–H and O–H groups in total. The van der Waals surface area contributed by atoms with Gasteiger partial charge in [-0.05, 0) is 36.2 Å². The number of aryl methyl sites for hydroxylation is 1. The van der Waals surface area contributed by atoms with Gasteiger partial charge in [-0.3, -0.25) is 0 Å². The van der Waals surface area contributed by atoms with Crippen LogP contribution in [0.4, 0.5) is 4.39 Å². The lowest BCUT2D eigenvalue weighted by Gasteiger charge is -2.09. The van der Waals surface area contributed by atoms with Crippen LogP contribution in [0.3, 0.4) is 0 Å². The first kappa shape index (κ1) is 14.1. The van der Waals surface area contributed by atoms with Gasteiger partial charge in [0, 0.05) is 16.8 Å². The second-order valence-corrected chi connectivity index (χ2v) is 4.61. The SMILES string of the molecule is CCc1cc(Oc2nccc(CCl)c2F)ccc1Cl. The molecular weight excluding hydrogens is 288 g/mol. The molecule has 0 saturated carbocycles. The van der Waals surface area contributed by atoms with Gasteiger partial charge >= 0.3 is 0 Å². The minimum atomic E-state index is -0.537. The van der Waals surface area contributed by atoms with Crippen LogP contribution in [0.1, 0.15) is 18.1 Å². The van der Waals surface area contributed by atoms with Crippen LogP contribution in [0, 0.1) is 5.82 Å². The van der Waals surface area contributed by atoms with Crippen molar-refractivity contribution in [3.05, 3.63) is 52.4 Å². The zero-order chi connectivity index (χ0) is 13.8. The summed E-state index contributed by atoms with van der Waals surface area (Å²) in [5, 5.41) is 0.665. The topological polar surface area (TPSA) is 22.1 Å². The third-order valence-corrected chi connectivity index (χ3v) is 3.35. The molecule has 0 atom stereocenters. The third kappa shape index (κ3) is 3.17. The summed E-state index contributed by atoms with van der Waals surface area (Å²) in [5.41, 5.74) is 1.30. The van der Waals surface area contributed by atoms with E-state index in [4.69, 9.17) is 27.9 Å². The van der Waals surface area contributed by atoms with Gasteiger partial charge in [0.05, 0.1) is 5.88 Å². The molecule has 0 aliphatic heterocycles. The summed E-state index contributed by atoms with van der Waals surface area (Å²) in [6.07, 6.45) is 2.24. The first-order chi connectivity index (χ1) is 9.15. The largest absolute Gasteiger partial charge is 0.436 e. The van der Waals surface area contributed by atoms with E-state index < -0.39 is 5.82 Å². The van der Waals surface area contributed by atoms with Crippen LogP contribution in [0.15, 0.2) is 30.5 Å². The van der Waals surface area contributed by atoms with Crippen molar-refractivity contribution in [1.82, 2.24) is 4.98 Å². The zero-order valence-corrected chi connectivity index (χ0v) is 11.8. The summed E-state index contributed by atoms with van der Waals surface area (Å²) in [6, 6.07) is 6.69. The number of alkyl halides is 1. The van der Waals surface area contributed by atoms with E-state index in [2.05, 4.69) is 4.98 Å². The highest BCUT2D eigenvalue weighted by molar-refractivity contribution is 6.31. The molecule has 0 radical (unpaired) electrons. The van der Waals surface area contributed by atoms with Crippen molar-refractivity contribution in [1.29, 1.82) is 0 Å². The average Bonchev–Trinajstić information content (AvgIpc) is 2.43. The molecular formula is C14H12Cl2FNO. The molecule has 1 aromatic carbocycles. The Morgan fingerprint density at radius 2 is 2.05 bits per heavy atom. The van der Waals surface area contributed by atoms with Gasteiger partial charge in [0.1, 0.15) is 5.75 Å². The fraction of sp³-hybridized carbons (Fsp3) is 0.214. The summed E-state index contributed by atoms with van der Waals surface area (Å²) < 4.78 is 19.4. The van der Waals surface area contributed by atoms with Crippen LogP contribution in [0.25, 0.3) is 0 Å². The fourth-order valence-electron chi connectivity index (χ4n) is 1.63. The highest BCUT2D eigenvalue weighted by Crippen LogP contribution is 2.28. The van der Waals surface area contributed by atoms with Crippen LogP contribution >= 0.6 is 23.2 Å². The number of ether oxygens (including phenoxy) is 1. The van der Waals surface area contributed by atoms with Gasteiger partial charge in [0.15, 0.2) is 5.82 Å². The van der Waals surface area contributed by atoms with Gasteiger partial charge in [-0.25, -0.2) is 9.37 Å².